The van der Waals surface area contributed by atoms with Gasteiger partial charge in [0.1, 0.15) is 0 Å². The maximum Gasteiger partial charge on any atom is 0.155 e. The number of methoxy groups -OCH3 is 1. The van der Waals surface area contributed by atoms with E-state index < -0.39 is 9.84 Å². The summed E-state index contributed by atoms with van der Waals surface area (Å²) >= 11 is 0. The molecule has 0 rings (SSSR count). The van der Waals surface area contributed by atoms with Gasteiger partial charge in [0.2, 0.25) is 0 Å². The van der Waals surface area contributed by atoms with Crippen LogP contribution in [0.5, 0.6) is 0 Å². The first-order valence-electron chi connectivity index (χ1n) is 3.95. The molecule has 0 aliphatic carbocycles. The van der Waals surface area contributed by atoms with Gasteiger partial charge in [-0.25, -0.2) is 8.42 Å². The van der Waals surface area contributed by atoms with E-state index in [0.29, 0.717) is 13.0 Å². The maximum atomic E-state index is 11.3. The van der Waals surface area contributed by atoms with Crippen molar-refractivity contribution in [2.75, 3.05) is 26.0 Å². The summed E-state index contributed by atoms with van der Waals surface area (Å²) in [6.45, 7) is 2.35. The van der Waals surface area contributed by atoms with Crippen molar-refractivity contribution in [1.82, 2.24) is 0 Å². The largest absolute Gasteiger partial charge is 0.384 e. The van der Waals surface area contributed by atoms with Crippen molar-refractivity contribution in [3.05, 3.63) is 0 Å². The molecule has 4 nitrogen and oxygen atoms in total. The van der Waals surface area contributed by atoms with Crippen molar-refractivity contribution in [2.45, 2.75) is 18.6 Å². The molecular formula is C7H17NO3S. The zero-order valence-corrected chi connectivity index (χ0v) is 8.43. The summed E-state index contributed by atoms with van der Waals surface area (Å²) < 4.78 is 27.4. The number of sulfone groups is 1. The lowest BCUT2D eigenvalue weighted by atomic mass is 10.3. The monoisotopic (exact) mass is 195 g/mol. The second-order valence-corrected chi connectivity index (χ2v) is 5.29. The lowest BCUT2D eigenvalue weighted by Crippen LogP contribution is -2.25. The van der Waals surface area contributed by atoms with E-state index in [-0.39, 0.29) is 17.6 Å². The Hall–Kier alpha value is -0.130. The normalized spacial score (nSPS) is 14.6. The summed E-state index contributed by atoms with van der Waals surface area (Å²) in [5.74, 6) is 0.0880. The summed E-state index contributed by atoms with van der Waals surface area (Å²) in [4.78, 5) is 0. The van der Waals surface area contributed by atoms with Gasteiger partial charge in [0.25, 0.3) is 0 Å². The molecule has 0 amide bonds. The third kappa shape index (κ3) is 4.04. The van der Waals surface area contributed by atoms with Crippen LogP contribution < -0.4 is 5.73 Å². The Kier molecular flexibility index (Phi) is 5.44. The van der Waals surface area contributed by atoms with Gasteiger partial charge in [-0.3, -0.25) is 0 Å². The topological polar surface area (TPSA) is 69.4 Å². The molecule has 0 radical (unpaired) electrons. The number of hydrogen-bond donors (Lipinski definition) is 1. The summed E-state index contributed by atoms with van der Waals surface area (Å²) in [6, 6.07) is 0. The van der Waals surface area contributed by atoms with Crippen LogP contribution in [0.15, 0.2) is 0 Å². The van der Waals surface area contributed by atoms with Crippen molar-refractivity contribution >= 4 is 9.84 Å². The smallest absolute Gasteiger partial charge is 0.155 e. The van der Waals surface area contributed by atoms with Crippen LogP contribution in [0.1, 0.15) is 13.3 Å². The van der Waals surface area contributed by atoms with Crippen LogP contribution in [-0.2, 0) is 14.6 Å². The van der Waals surface area contributed by atoms with Crippen molar-refractivity contribution in [3.8, 4) is 0 Å². The molecule has 0 saturated carbocycles. The predicted molar refractivity (Wildman–Crippen MR) is 48.8 cm³/mol. The van der Waals surface area contributed by atoms with E-state index in [4.69, 9.17) is 10.5 Å². The second kappa shape index (κ2) is 5.50. The quantitative estimate of drug-likeness (QED) is 0.636. The first-order chi connectivity index (χ1) is 5.54. The van der Waals surface area contributed by atoms with E-state index in [9.17, 15) is 8.42 Å². The lowest BCUT2D eigenvalue weighted by Gasteiger charge is -2.10. The fourth-order valence-electron chi connectivity index (χ4n) is 0.815. The van der Waals surface area contributed by atoms with Crippen LogP contribution in [-0.4, -0.2) is 39.7 Å². The second-order valence-electron chi connectivity index (χ2n) is 2.75. The molecule has 74 valence electrons. The molecule has 0 heterocycles. The molecule has 0 aliphatic rings. The molecule has 0 aromatic heterocycles. The van der Waals surface area contributed by atoms with Crippen LogP contribution in [0.2, 0.25) is 0 Å². The SMILES string of the molecule is COCCS(=O)(=O)C(C)CCN. The average Bonchev–Trinajstić information content (AvgIpc) is 2.01. The molecule has 0 saturated heterocycles. The molecule has 1 atom stereocenters. The van der Waals surface area contributed by atoms with E-state index >= 15 is 0 Å². The van der Waals surface area contributed by atoms with Gasteiger partial charge in [0.15, 0.2) is 9.84 Å². The van der Waals surface area contributed by atoms with Gasteiger partial charge in [-0.2, -0.15) is 0 Å². The number of nitrogens with two attached hydrogens (primary N) is 1. The van der Waals surface area contributed by atoms with Crippen molar-refractivity contribution in [2.24, 2.45) is 5.73 Å². The molecular weight excluding hydrogens is 178 g/mol. The summed E-state index contributed by atoms with van der Waals surface area (Å²) in [5, 5.41) is -0.349. The highest BCUT2D eigenvalue weighted by Crippen LogP contribution is 2.05. The van der Waals surface area contributed by atoms with E-state index in [1.165, 1.54) is 7.11 Å². The molecule has 0 bridgehead atoms. The molecule has 0 aromatic rings. The first kappa shape index (κ1) is 11.9. The highest BCUT2D eigenvalue weighted by Gasteiger charge is 2.18. The van der Waals surface area contributed by atoms with Gasteiger partial charge in [-0.1, -0.05) is 0 Å². The average molecular weight is 195 g/mol. The van der Waals surface area contributed by atoms with Gasteiger partial charge < -0.3 is 10.5 Å². The molecule has 0 aliphatic heterocycles. The number of rotatable bonds is 6. The Morgan fingerprint density at radius 1 is 1.50 bits per heavy atom. The van der Waals surface area contributed by atoms with E-state index in [1.807, 2.05) is 0 Å². The summed E-state index contributed by atoms with van der Waals surface area (Å²) in [7, 11) is -1.50. The van der Waals surface area contributed by atoms with Crippen LogP contribution in [0, 0.1) is 0 Å². The summed E-state index contributed by atoms with van der Waals surface area (Å²) in [5.41, 5.74) is 5.26. The Bertz CT molecular complexity index is 201. The van der Waals surface area contributed by atoms with E-state index in [0.717, 1.165) is 0 Å². The molecule has 12 heavy (non-hydrogen) atoms. The van der Waals surface area contributed by atoms with Crippen LogP contribution in [0.4, 0.5) is 0 Å². The lowest BCUT2D eigenvalue weighted by molar-refractivity contribution is 0.217. The van der Waals surface area contributed by atoms with Gasteiger partial charge in [0.05, 0.1) is 17.6 Å². The highest BCUT2D eigenvalue weighted by molar-refractivity contribution is 7.92. The molecule has 0 aromatic carbocycles. The molecule has 0 fully saturated rings. The fourth-order valence-corrected chi connectivity index (χ4v) is 2.11. The van der Waals surface area contributed by atoms with Gasteiger partial charge in [-0.05, 0) is 19.9 Å². The zero-order chi connectivity index (χ0) is 9.61. The van der Waals surface area contributed by atoms with Crippen molar-refractivity contribution in [1.29, 1.82) is 0 Å². The Labute approximate surface area is 74.0 Å². The van der Waals surface area contributed by atoms with Crippen LogP contribution >= 0.6 is 0 Å². The minimum Gasteiger partial charge on any atom is -0.384 e. The number of ether oxygens (including phenoxy) is 1. The van der Waals surface area contributed by atoms with Crippen molar-refractivity contribution in [3.63, 3.8) is 0 Å². The molecule has 2 N–H and O–H groups in total. The Balaban J connectivity index is 4.01. The van der Waals surface area contributed by atoms with Crippen molar-refractivity contribution < 1.29 is 13.2 Å². The molecule has 5 heteroatoms. The summed E-state index contributed by atoms with van der Waals surface area (Å²) in [6.07, 6.45) is 0.520. The molecule has 0 spiro atoms. The third-order valence-electron chi connectivity index (χ3n) is 1.76. The minimum absolute atomic E-state index is 0.0880. The Morgan fingerprint density at radius 2 is 2.08 bits per heavy atom. The van der Waals surface area contributed by atoms with E-state index in [2.05, 4.69) is 0 Å². The van der Waals surface area contributed by atoms with Gasteiger partial charge in [-0.15, -0.1) is 0 Å². The maximum absolute atomic E-state index is 11.3. The van der Waals surface area contributed by atoms with Gasteiger partial charge in [0, 0.05) is 7.11 Å². The standard InChI is InChI=1S/C7H17NO3S/c1-7(3-4-8)12(9,10)6-5-11-2/h7H,3-6,8H2,1-2H3. The van der Waals surface area contributed by atoms with Crippen LogP contribution in [0.3, 0.4) is 0 Å². The first-order valence-corrected chi connectivity index (χ1v) is 5.66. The third-order valence-corrected chi connectivity index (χ3v) is 3.96. The van der Waals surface area contributed by atoms with Crippen LogP contribution in [0.25, 0.3) is 0 Å². The Morgan fingerprint density at radius 3 is 2.50 bits per heavy atom. The zero-order valence-electron chi connectivity index (χ0n) is 7.62. The highest BCUT2D eigenvalue weighted by atomic mass is 32.2. The predicted octanol–water partition coefficient (Wildman–Crippen LogP) is -0.215. The minimum atomic E-state index is -2.99. The van der Waals surface area contributed by atoms with E-state index in [1.54, 1.807) is 6.92 Å². The number of hydrogen-bond acceptors (Lipinski definition) is 4. The fraction of sp³-hybridized carbons (Fsp3) is 1.00. The molecule has 1 unspecified atom stereocenters. The van der Waals surface area contributed by atoms with Gasteiger partial charge >= 0.3 is 0 Å².